The molecule has 0 saturated heterocycles. The monoisotopic (exact) mass is 337 g/mol. The summed E-state index contributed by atoms with van der Waals surface area (Å²) in [5, 5.41) is 13.3. The van der Waals surface area contributed by atoms with Crippen LogP contribution >= 0.6 is 0 Å². The number of sulfonamides is 1. The summed E-state index contributed by atoms with van der Waals surface area (Å²) in [6.45, 7) is 4.28. The number of hydrogen-bond donors (Lipinski definition) is 1. The Morgan fingerprint density at radius 3 is 2.52 bits per heavy atom. The van der Waals surface area contributed by atoms with Gasteiger partial charge in [0.1, 0.15) is 4.90 Å². The molecule has 1 aromatic carbocycles. The number of nitrogens with zero attached hydrogens (tertiary/aromatic N) is 3. The summed E-state index contributed by atoms with van der Waals surface area (Å²) >= 11 is 0. The summed E-state index contributed by atoms with van der Waals surface area (Å²) in [6, 6.07) is 7.68. The Balaban J connectivity index is 2.27. The third-order valence-electron chi connectivity index (χ3n) is 3.61. The molecule has 0 spiro atoms. The maximum Gasteiger partial charge on any atom is 0.246 e. The molecule has 0 saturated carbocycles. The van der Waals surface area contributed by atoms with Gasteiger partial charge < -0.3 is 5.11 Å². The fraction of sp³-hybridized carbons (Fsp3) is 0.438. The van der Waals surface area contributed by atoms with E-state index < -0.39 is 10.0 Å². The Hall–Kier alpha value is -1.70. The molecule has 0 aliphatic heterocycles. The molecule has 0 bridgehead atoms. The molecule has 0 radical (unpaired) electrons. The fourth-order valence-corrected chi connectivity index (χ4v) is 3.63. The van der Waals surface area contributed by atoms with Gasteiger partial charge >= 0.3 is 0 Å². The van der Waals surface area contributed by atoms with Crippen molar-refractivity contribution in [3.63, 3.8) is 0 Å². The first kappa shape index (κ1) is 17.7. The summed E-state index contributed by atoms with van der Waals surface area (Å²) in [7, 11) is -3.64. The average Bonchev–Trinajstić information content (AvgIpc) is 3.02. The van der Waals surface area contributed by atoms with Crippen LogP contribution in [0.25, 0.3) is 5.69 Å². The number of aryl methyl sites for hydroxylation is 1. The van der Waals surface area contributed by atoms with Gasteiger partial charge in [0.25, 0.3) is 0 Å². The van der Waals surface area contributed by atoms with E-state index >= 15 is 0 Å². The second-order valence-corrected chi connectivity index (χ2v) is 7.38. The molecule has 2 aromatic rings. The molecule has 1 heterocycles. The highest BCUT2D eigenvalue weighted by Crippen LogP contribution is 2.18. The average molecular weight is 337 g/mol. The Morgan fingerprint density at radius 2 is 1.91 bits per heavy atom. The second-order valence-electron chi connectivity index (χ2n) is 5.44. The first-order valence-corrected chi connectivity index (χ1v) is 9.15. The Kier molecular flexibility index (Phi) is 5.92. The number of benzene rings is 1. The second kappa shape index (κ2) is 7.72. The molecule has 1 aromatic heterocycles. The van der Waals surface area contributed by atoms with Gasteiger partial charge in [0.15, 0.2) is 0 Å². The molecular weight excluding hydrogens is 314 g/mol. The highest BCUT2D eigenvalue weighted by Gasteiger charge is 2.25. The Labute approximate surface area is 137 Å². The maximum atomic E-state index is 12.7. The Bertz CT molecular complexity index is 723. The van der Waals surface area contributed by atoms with E-state index in [2.05, 4.69) is 5.10 Å². The molecule has 0 fully saturated rings. The van der Waals surface area contributed by atoms with Crippen LogP contribution in [0.4, 0.5) is 0 Å². The van der Waals surface area contributed by atoms with Gasteiger partial charge in [-0.3, -0.25) is 0 Å². The summed E-state index contributed by atoms with van der Waals surface area (Å²) in [5.74, 6) is 0. The van der Waals surface area contributed by atoms with Crippen LogP contribution in [0.1, 0.15) is 25.3 Å². The molecule has 0 unspecified atom stereocenters. The highest BCUT2D eigenvalue weighted by molar-refractivity contribution is 7.89. The van der Waals surface area contributed by atoms with Gasteiger partial charge in [-0.2, -0.15) is 9.40 Å². The molecule has 7 heteroatoms. The Morgan fingerprint density at radius 1 is 1.22 bits per heavy atom. The van der Waals surface area contributed by atoms with Crippen LogP contribution in [-0.4, -0.2) is 47.3 Å². The minimum Gasteiger partial charge on any atom is -0.395 e. The van der Waals surface area contributed by atoms with Gasteiger partial charge in [-0.1, -0.05) is 31.0 Å². The number of unbranched alkanes of at least 4 members (excludes halogenated alkanes) is 1. The first-order valence-electron chi connectivity index (χ1n) is 7.71. The van der Waals surface area contributed by atoms with Crippen LogP contribution in [0.3, 0.4) is 0 Å². The molecule has 126 valence electrons. The van der Waals surface area contributed by atoms with Crippen molar-refractivity contribution in [1.82, 2.24) is 14.1 Å². The van der Waals surface area contributed by atoms with Crippen molar-refractivity contribution in [2.24, 2.45) is 0 Å². The van der Waals surface area contributed by atoms with E-state index in [9.17, 15) is 8.42 Å². The van der Waals surface area contributed by atoms with Crippen molar-refractivity contribution >= 4 is 10.0 Å². The zero-order valence-corrected chi connectivity index (χ0v) is 14.3. The van der Waals surface area contributed by atoms with Crippen LogP contribution in [0.15, 0.2) is 41.6 Å². The molecular formula is C16H23N3O3S. The zero-order chi connectivity index (χ0) is 16.9. The quantitative estimate of drug-likeness (QED) is 0.799. The lowest BCUT2D eigenvalue weighted by Crippen LogP contribution is -2.34. The van der Waals surface area contributed by atoms with Crippen molar-refractivity contribution in [1.29, 1.82) is 0 Å². The smallest absolute Gasteiger partial charge is 0.246 e. The van der Waals surface area contributed by atoms with Crippen molar-refractivity contribution < 1.29 is 13.5 Å². The number of aromatic nitrogens is 2. The van der Waals surface area contributed by atoms with E-state index in [0.717, 1.165) is 24.1 Å². The van der Waals surface area contributed by atoms with Gasteiger partial charge in [0.05, 0.1) is 24.7 Å². The highest BCUT2D eigenvalue weighted by atomic mass is 32.2. The molecule has 2 rings (SSSR count). The number of hydrogen-bond acceptors (Lipinski definition) is 4. The lowest BCUT2D eigenvalue weighted by molar-refractivity contribution is 0.252. The number of aliphatic hydroxyl groups is 1. The van der Waals surface area contributed by atoms with E-state index in [0.29, 0.717) is 6.54 Å². The SMILES string of the molecule is CCCCN(CCO)S(=O)(=O)c1cnn(-c2ccc(C)cc2)c1. The molecule has 1 N–H and O–H groups in total. The van der Waals surface area contributed by atoms with Crippen LogP contribution in [0, 0.1) is 6.92 Å². The summed E-state index contributed by atoms with van der Waals surface area (Å²) in [5.41, 5.74) is 1.93. The van der Waals surface area contributed by atoms with E-state index in [4.69, 9.17) is 5.11 Å². The predicted octanol–water partition coefficient (Wildman–Crippen LogP) is 1.96. The molecule has 0 atom stereocenters. The molecule has 0 amide bonds. The lowest BCUT2D eigenvalue weighted by Gasteiger charge is -2.19. The van der Waals surface area contributed by atoms with Gasteiger partial charge in [0.2, 0.25) is 10.0 Å². The van der Waals surface area contributed by atoms with E-state index in [1.54, 1.807) is 4.68 Å². The lowest BCUT2D eigenvalue weighted by atomic mass is 10.2. The van der Waals surface area contributed by atoms with Gasteiger partial charge in [-0.15, -0.1) is 0 Å². The maximum absolute atomic E-state index is 12.7. The normalized spacial score (nSPS) is 12.0. The molecule has 6 nitrogen and oxygen atoms in total. The third kappa shape index (κ3) is 4.19. The van der Waals surface area contributed by atoms with Crippen LogP contribution in [-0.2, 0) is 10.0 Å². The predicted molar refractivity (Wildman–Crippen MR) is 89.1 cm³/mol. The van der Waals surface area contributed by atoms with Crippen molar-refractivity contribution in [2.45, 2.75) is 31.6 Å². The standard InChI is InChI=1S/C16H23N3O3S/c1-3-4-9-18(10-11-20)23(21,22)16-12-17-19(13-16)15-7-5-14(2)6-8-15/h5-8,12-13,20H,3-4,9-11H2,1-2H3. The summed E-state index contributed by atoms with van der Waals surface area (Å²) in [6.07, 6.45) is 4.51. The third-order valence-corrected chi connectivity index (χ3v) is 5.46. The zero-order valence-electron chi connectivity index (χ0n) is 13.5. The van der Waals surface area contributed by atoms with Gasteiger partial charge in [-0.05, 0) is 25.5 Å². The van der Waals surface area contributed by atoms with Crippen LogP contribution in [0.5, 0.6) is 0 Å². The van der Waals surface area contributed by atoms with E-state index in [-0.39, 0.29) is 18.0 Å². The van der Waals surface area contributed by atoms with E-state index in [1.807, 2.05) is 38.1 Å². The van der Waals surface area contributed by atoms with Gasteiger partial charge in [-0.25, -0.2) is 13.1 Å². The summed E-state index contributed by atoms with van der Waals surface area (Å²) < 4.78 is 28.2. The van der Waals surface area contributed by atoms with Crippen LogP contribution < -0.4 is 0 Å². The van der Waals surface area contributed by atoms with Crippen molar-refractivity contribution in [3.05, 3.63) is 42.2 Å². The first-order chi connectivity index (χ1) is 11.0. The topological polar surface area (TPSA) is 75.4 Å². The summed E-state index contributed by atoms with van der Waals surface area (Å²) in [4.78, 5) is 0.141. The van der Waals surface area contributed by atoms with E-state index in [1.165, 1.54) is 16.7 Å². The van der Waals surface area contributed by atoms with Crippen molar-refractivity contribution in [3.8, 4) is 5.69 Å². The van der Waals surface area contributed by atoms with Crippen LogP contribution in [0.2, 0.25) is 0 Å². The molecule has 0 aliphatic rings. The fourth-order valence-electron chi connectivity index (χ4n) is 2.23. The molecule has 0 aliphatic carbocycles. The molecule has 23 heavy (non-hydrogen) atoms. The van der Waals surface area contributed by atoms with Gasteiger partial charge in [0, 0.05) is 13.1 Å². The minimum atomic E-state index is -3.64. The van der Waals surface area contributed by atoms with Crippen molar-refractivity contribution in [2.75, 3.05) is 19.7 Å². The largest absolute Gasteiger partial charge is 0.395 e. The minimum absolute atomic E-state index is 0.0953. The number of rotatable bonds is 8. The number of aliphatic hydroxyl groups excluding tert-OH is 1.